The van der Waals surface area contributed by atoms with Gasteiger partial charge in [0.25, 0.3) is 0 Å². The number of methoxy groups -OCH3 is 1. The van der Waals surface area contributed by atoms with Crippen molar-refractivity contribution in [2.75, 3.05) is 13.4 Å². The van der Waals surface area contributed by atoms with Gasteiger partial charge in [-0.2, -0.15) is 5.10 Å². The van der Waals surface area contributed by atoms with E-state index in [4.69, 9.17) is 9.84 Å². The largest absolute Gasteiger partial charge is 0.496 e. The topological polar surface area (TPSA) is 64.3 Å². The lowest BCUT2D eigenvalue weighted by Gasteiger charge is -2.09. The fourth-order valence-corrected chi connectivity index (χ4v) is 2.26. The summed E-state index contributed by atoms with van der Waals surface area (Å²) in [6, 6.07) is 7.34. The molecule has 1 heterocycles. The van der Waals surface area contributed by atoms with Crippen LogP contribution in [0.3, 0.4) is 0 Å². The standard InChI is InChI=1S/C13H14N2O3S/c1-15-11(7-10(14-15)13(16)17)9-5-4-8(19-3)6-12(9)18-2/h4-7H,1-3H3,(H,16,17). The number of hydrogen-bond acceptors (Lipinski definition) is 4. The minimum atomic E-state index is -1.04. The molecule has 2 rings (SSSR count). The van der Waals surface area contributed by atoms with Crippen LogP contribution in [0.2, 0.25) is 0 Å². The highest BCUT2D eigenvalue weighted by Gasteiger charge is 2.15. The van der Waals surface area contributed by atoms with Gasteiger partial charge in [-0.25, -0.2) is 4.79 Å². The predicted molar refractivity (Wildman–Crippen MR) is 73.9 cm³/mol. The molecule has 100 valence electrons. The van der Waals surface area contributed by atoms with Crippen LogP contribution in [0.5, 0.6) is 5.75 Å². The van der Waals surface area contributed by atoms with Gasteiger partial charge in [0.05, 0.1) is 12.8 Å². The van der Waals surface area contributed by atoms with Gasteiger partial charge in [-0.3, -0.25) is 4.68 Å². The van der Waals surface area contributed by atoms with Crippen LogP contribution in [-0.2, 0) is 7.05 Å². The molecule has 19 heavy (non-hydrogen) atoms. The van der Waals surface area contributed by atoms with Gasteiger partial charge in [0, 0.05) is 17.5 Å². The molecule has 0 fully saturated rings. The normalized spacial score (nSPS) is 10.5. The Morgan fingerprint density at radius 1 is 1.42 bits per heavy atom. The van der Waals surface area contributed by atoms with Gasteiger partial charge in [0.2, 0.25) is 0 Å². The number of aromatic carboxylic acids is 1. The molecule has 0 bridgehead atoms. The maximum absolute atomic E-state index is 10.9. The minimum absolute atomic E-state index is 0.0218. The molecule has 0 saturated heterocycles. The zero-order valence-corrected chi connectivity index (χ0v) is 11.7. The van der Waals surface area contributed by atoms with Crippen LogP contribution in [0.1, 0.15) is 10.5 Å². The van der Waals surface area contributed by atoms with Crippen molar-refractivity contribution in [1.29, 1.82) is 0 Å². The highest BCUT2D eigenvalue weighted by atomic mass is 32.2. The summed E-state index contributed by atoms with van der Waals surface area (Å²) in [5, 5.41) is 12.9. The number of hydrogen-bond donors (Lipinski definition) is 1. The average molecular weight is 278 g/mol. The Labute approximate surface area is 115 Å². The Kier molecular flexibility index (Phi) is 3.80. The molecule has 5 nitrogen and oxygen atoms in total. The summed E-state index contributed by atoms with van der Waals surface area (Å²) in [5.41, 5.74) is 1.55. The summed E-state index contributed by atoms with van der Waals surface area (Å²) in [4.78, 5) is 12.0. The molecule has 0 radical (unpaired) electrons. The Balaban J connectivity index is 2.55. The SMILES string of the molecule is COc1cc(SC)ccc1-c1cc(C(=O)O)nn1C. The molecule has 1 aromatic heterocycles. The van der Waals surface area contributed by atoms with Crippen molar-refractivity contribution in [3.05, 3.63) is 30.0 Å². The van der Waals surface area contributed by atoms with Crippen molar-refractivity contribution in [2.45, 2.75) is 4.90 Å². The zero-order valence-electron chi connectivity index (χ0n) is 10.9. The Bertz CT molecular complexity index is 622. The highest BCUT2D eigenvalue weighted by Crippen LogP contribution is 2.33. The van der Waals surface area contributed by atoms with Crippen molar-refractivity contribution < 1.29 is 14.6 Å². The fourth-order valence-electron chi connectivity index (χ4n) is 1.83. The average Bonchev–Trinajstić information content (AvgIpc) is 2.80. The molecule has 0 amide bonds. The van der Waals surface area contributed by atoms with E-state index in [0.29, 0.717) is 11.4 Å². The highest BCUT2D eigenvalue weighted by molar-refractivity contribution is 7.98. The molecule has 0 spiro atoms. The summed E-state index contributed by atoms with van der Waals surface area (Å²) in [6.07, 6.45) is 1.99. The first-order chi connectivity index (χ1) is 9.06. The lowest BCUT2D eigenvalue weighted by atomic mass is 10.1. The molecular formula is C13H14N2O3S. The lowest BCUT2D eigenvalue weighted by molar-refractivity contribution is 0.0689. The maximum atomic E-state index is 10.9. The fraction of sp³-hybridized carbons (Fsp3) is 0.231. The Morgan fingerprint density at radius 3 is 2.68 bits per heavy atom. The number of benzene rings is 1. The van der Waals surface area contributed by atoms with E-state index in [1.165, 1.54) is 0 Å². The number of carbonyl (C=O) groups is 1. The van der Waals surface area contributed by atoms with E-state index < -0.39 is 5.97 Å². The van der Waals surface area contributed by atoms with Crippen molar-refractivity contribution in [1.82, 2.24) is 9.78 Å². The van der Waals surface area contributed by atoms with E-state index in [9.17, 15) is 4.79 Å². The van der Waals surface area contributed by atoms with Crippen LogP contribution in [0, 0.1) is 0 Å². The molecule has 0 saturated carbocycles. The van der Waals surface area contributed by atoms with Crippen LogP contribution in [0.15, 0.2) is 29.2 Å². The smallest absolute Gasteiger partial charge is 0.356 e. The molecule has 1 N–H and O–H groups in total. The summed E-state index contributed by atoms with van der Waals surface area (Å²) >= 11 is 1.62. The molecule has 2 aromatic rings. The van der Waals surface area contributed by atoms with E-state index in [2.05, 4.69) is 5.10 Å². The zero-order chi connectivity index (χ0) is 14.0. The number of rotatable bonds is 4. The second-order valence-electron chi connectivity index (χ2n) is 3.91. The summed E-state index contributed by atoms with van der Waals surface area (Å²) in [7, 11) is 3.31. The second kappa shape index (κ2) is 5.36. The number of thioether (sulfide) groups is 1. The summed E-state index contributed by atoms with van der Waals surface area (Å²) < 4.78 is 6.91. The molecule has 0 unspecified atom stereocenters. The lowest BCUT2D eigenvalue weighted by Crippen LogP contribution is -1.99. The summed E-state index contributed by atoms with van der Waals surface area (Å²) in [6.45, 7) is 0. The van der Waals surface area contributed by atoms with Gasteiger partial charge in [-0.1, -0.05) is 0 Å². The molecule has 0 atom stereocenters. The van der Waals surface area contributed by atoms with Crippen LogP contribution in [0.25, 0.3) is 11.3 Å². The van der Waals surface area contributed by atoms with Gasteiger partial charge < -0.3 is 9.84 Å². The Morgan fingerprint density at radius 2 is 2.16 bits per heavy atom. The van der Waals surface area contributed by atoms with Crippen LogP contribution in [-0.4, -0.2) is 34.2 Å². The molecular weight excluding hydrogens is 264 g/mol. The third-order valence-corrected chi connectivity index (χ3v) is 3.51. The van der Waals surface area contributed by atoms with Crippen LogP contribution < -0.4 is 4.74 Å². The monoisotopic (exact) mass is 278 g/mol. The second-order valence-corrected chi connectivity index (χ2v) is 4.79. The predicted octanol–water partition coefficient (Wildman–Crippen LogP) is 2.52. The van der Waals surface area contributed by atoms with Crippen LogP contribution in [0.4, 0.5) is 0 Å². The molecule has 0 aliphatic rings. The third-order valence-electron chi connectivity index (χ3n) is 2.78. The first-order valence-electron chi connectivity index (χ1n) is 5.56. The van der Waals surface area contributed by atoms with Crippen molar-refractivity contribution in [3.63, 3.8) is 0 Å². The van der Waals surface area contributed by atoms with Crippen molar-refractivity contribution >= 4 is 17.7 Å². The van der Waals surface area contributed by atoms with Gasteiger partial charge in [0.15, 0.2) is 5.69 Å². The third kappa shape index (κ3) is 2.58. The molecule has 0 aliphatic heterocycles. The number of nitrogens with zero attached hydrogens (tertiary/aromatic N) is 2. The Hall–Kier alpha value is -1.95. The van der Waals surface area contributed by atoms with Crippen LogP contribution >= 0.6 is 11.8 Å². The minimum Gasteiger partial charge on any atom is -0.496 e. The first kappa shape index (κ1) is 13.5. The maximum Gasteiger partial charge on any atom is 0.356 e. The van der Waals surface area contributed by atoms with E-state index in [1.807, 2.05) is 24.5 Å². The van der Waals surface area contributed by atoms with Crippen molar-refractivity contribution in [2.24, 2.45) is 7.05 Å². The molecule has 6 heteroatoms. The van der Waals surface area contributed by atoms with E-state index in [-0.39, 0.29) is 5.69 Å². The number of aromatic nitrogens is 2. The van der Waals surface area contributed by atoms with Gasteiger partial charge >= 0.3 is 5.97 Å². The number of carboxylic acid groups (broad SMARTS) is 1. The first-order valence-corrected chi connectivity index (χ1v) is 6.79. The van der Waals surface area contributed by atoms with Gasteiger partial charge in [-0.15, -0.1) is 11.8 Å². The molecule has 1 aromatic carbocycles. The summed E-state index contributed by atoms with van der Waals surface area (Å²) in [5.74, 6) is -0.340. The molecule has 0 aliphatic carbocycles. The number of carboxylic acids is 1. The van der Waals surface area contributed by atoms with E-state index >= 15 is 0 Å². The van der Waals surface area contributed by atoms with E-state index in [1.54, 1.807) is 36.7 Å². The number of ether oxygens (including phenoxy) is 1. The van der Waals surface area contributed by atoms with Gasteiger partial charge in [0.1, 0.15) is 5.75 Å². The van der Waals surface area contributed by atoms with E-state index in [0.717, 1.165) is 10.5 Å². The van der Waals surface area contributed by atoms with Crippen molar-refractivity contribution in [3.8, 4) is 17.0 Å². The number of aryl methyl sites for hydroxylation is 1. The van der Waals surface area contributed by atoms with Gasteiger partial charge in [-0.05, 0) is 30.5 Å². The quantitative estimate of drug-likeness (QED) is 0.871.